The molecule has 0 radical (unpaired) electrons. The molecule has 0 amide bonds. The number of benzene rings is 3. The van der Waals surface area contributed by atoms with Gasteiger partial charge in [-0.3, -0.25) is 0 Å². The Bertz CT molecular complexity index is 1020. The standard InChI is InChI=1S/C22H19Br/c1-21(2)14-7-5-6-12-8-9-15-20(18(12)14)19-16(21)10-13(23)11-17(19)22(15,3)4/h5-11H,1-4H3. The van der Waals surface area contributed by atoms with Crippen molar-refractivity contribution in [1.29, 1.82) is 0 Å². The largest absolute Gasteiger partial charge is 0.0613 e. The zero-order chi connectivity index (χ0) is 16.1. The molecule has 0 heterocycles. The Kier molecular flexibility index (Phi) is 2.34. The van der Waals surface area contributed by atoms with Gasteiger partial charge in [0.25, 0.3) is 0 Å². The molecule has 0 bridgehead atoms. The molecule has 0 atom stereocenters. The molecule has 0 aliphatic heterocycles. The second-order valence-corrected chi connectivity index (χ2v) is 8.93. The average Bonchev–Trinajstić information content (AvgIpc) is 2.73. The highest BCUT2D eigenvalue weighted by Crippen LogP contribution is 2.59. The molecule has 1 heteroatoms. The van der Waals surface area contributed by atoms with Crippen molar-refractivity contribution in [3.8, 4) is 11.1 Å². The fourth-order valence-electron chi connectivity index (χ4n) is 4.83. The third-order valence-corrected chi connectivity index (χ3v) is 6.55. The average molecular weight is 363 g/mol. The first-order valence-electron chi connectivity index (χ1n) is 8.25. The van der Waals surface area contributed by atoms with Gasteiger partial charge in [-0.1, -0.05) is 74.0 Å². The van der Waals surface area contributed by atoms with Crippen molar-refractivity contribution in [1.82, 2.24) is 0 Å². The van der Waals surface area contributed by atoms with E-state index in [0.717, 1.165) is 0 Å². The van der Waals surface area contributed by atoms with Gasteiger partial charge in [-0.2, -0.15) is 0 Å². The molecule has 3 aromatic rings. The lowest BCUT2D eigenvalue weighted by atomic mass is 9.68. The molecule has 114 valence electrons. The number of hydrogen-bond donors (Lipinski definition) is 0. The highest BCUT2D eigenvalue weighted by atomic mass is 79.9. The maximum atomic E-state index is 3.76. The topological polar surface area (TPSA) is 0 Å². The highest BCUT2D eigenvalue weighted by molar-refractivity contribution is 9.10. The second-order valence-electron chi connectivity index (χ2n) is 8.02. The lowest BCUT2D eigenvalue weighted by Crippen LogP contribution is -2.23. The molecule has 0 spiro atoms. The normalized spacial score (nSPS) is 18.5. The first-order chi connectivity index (χ1) is 10.8. The minimum atomic E-state index is 0.0272. The SMILES string of the molecule is CC1(C)c2cc(Br)cc3c2-c2c1ccc1cccc(c21)C3(C)C. The van der Waals surface area contributed by atoms with Crippen LogP contribution in [0.5, 0.6) is 0 Å². The van der Waals surface area contributed by atoms with E-state index in [1.165, 1.54) is 48.6 Å². The van der Waals surface area contributed by atoms with Crippen LogP contribution in [0.1, 0.15) is 49.9 Å². The summed E-state index contributed by atoms with van der Waals surface area (Å²) in [5.41, 5.74) is 8.92. The highest BCUT2D eigenvalue weighted by Gasteiger charge is 2.44. The smallest absolute Gasteiger partial charge is 0.0181 e. The van der Waals surface area contributed by atoms with Crippen LogP contribution in [0.2, 0.25) is 0 Å². The zero-order valence-corrected chi connectivity index (χ0v) is 15.5. The van der Waals surface area contributed by atoms with Gasteiger partial charge in [-0.25, -0.2) is 0 Å². The summed E-state index contributed by atoms with van der Waals surface area (Å²) in [6, 6.07) is 16.1. The Morgan fingerprint density at radius 3 is 2.04 bits per heavy atom. The number of rotatable bonds is 0. The lowest BCUT2D eigenvalue weighted by Gasteiger charge is -2.35. The van der Waals surface area contributed by atoms with Gasteiger partial charge in [0.1, 0.15) is 0 Å². The molecule has 0 unspecified atom stereocenters. The van der Waals surface area contributed by atoms with Crippen LogP contribution in [0.25, 0.3) is 21.9 Å². The molecule has 0 fully saturated rings. The van der Waals surface area contributed by atoms with Gasteiger partial charge >= 0.3 is 0 Å². The van der Waals surface area contributed by atoms with E-state index in [1.54, 1.807) is 0 Å². The van der Waals surface area contributed by atoms with Gasteiger partial charge < -0.3 is 0 Å². The zero-order valence-electron chi connectivity index (χ0n) is 13.9. The van der Waals surface area contributed by atoms with E-state index >= 15 is 0 Å². The van der Waals surface area contributed by atoms with E-state index < -0.39 is 0 Å². The van der Waals surface area contributed by atoms with E-state index in [1.807, 2.05) is 0 Å². The molecule has 2 aliphatic carbocycles. The molecule has 0 saturated heterocycles. The van der Waals surface area contributed by atoms with E-state index in [9.17, 15) is 0 Å². The van der Waals surface area contributed by atoms with Crippen molar-refractivity contribution in [2.45, 2.75) is 38.5 Å². The Labute approximate surface area is 145 Å². The van der Waals surface area contributed by atoms with Crippen LogP contribution in [0.15, 0.2) is 46.9 Å². The summed E-state index contributed by atoms with van der Waals surface area (Å²) >= 11 is 3.76. The van der Waals surface area contributed by atoms with Crippen LogP contribution in [0.3, 0.4) is 0 Å². The van der Waals surface area contributed by atoms with Crippen molar-refractivity contribution in [2.75, 3.05) is 0 Å². The van der Waals surface area contributed by atoms with Crippen molar-refractivity contribution >= 4 is 26.7 Å². The molecule has 0 saturated carbocycles. The van der Waals surface area contributed by atoms with Crippen LogP contribution in [0, 0.1) is 0 Å². The summed E-state index contributed by atoms with van der Waals surface area (Å²) in [6.45, 7) is 9.46. The fourth-order valence-corrected chi connectivity index (χ4v) is 5.29. The van der Waals surface area contributed by atoms with Gasteiger partial charge in [0.15, 0.2) is 0 Å². The summed E-state index contributed by atoms with van der Waals surface area (Å²) in [5.74, 6) is 0. The molecule has 3 aromatic carbocycles. The summed E-state index contributed by atoms with van der Waals surface area (Å²) in [7, 11) is 0. The minimum Gasteiger partial charge on any atom is -0.0613 e. The molecule has 0 aromatic heterocycles. The van der Waals surface area contributed by atoms with Crippen LogP contribution in [-0.4, -0.2) is 0 Å². The third-order valence-electron chi connectivity index (χ3n) is 6.09. The Morgan fingerprint density at radius 2 is 1.35 bits per heavy atom. The van der Waals surface area contributed by atoms with Gasteiger partial charge in [0, 0.05) is 15.3 Å². The molecule has 5 rings (SSSR count). The fraction of sp³-hybridized carbons (Fsp3) is 0.273. The number of halogens is 1. The molecular weight excluding hydrogens is 344 g/mol. The predicted octanol–water partition coefficient (Wildman–Crippen LogP) is 6.55. The summed E-state index contributed by atoms with van der Waals surface area (Å²) < 4.78 is 1.19. The van der Waals surface area contributed by atoms with Gasteiger partial charge in [-0.05, 0) is 56.3 Å². The van der Waals surface area contributed by atoms with Gasteiger partial charge in [-0.15, -0.1) is 0 Å². The van der Waals surface area contributed by atoms with E-state index in [-0.39, 0.29) is 10.8 Å². The molecule has 2 aliphatic rings. The van der Waals surface area contributed by atoms with E-state index in [4.69, 9.17) is 0 Å². The maximum Gasteiger partial charge on any atom is 0.0181 e. The molecule has 23 heavy (non-hydrogen) atoms. The van der Waals surface area contributed by atoms with E-state index in [2.05, 4.69) is 86.1 Å². The minimum absolute atomic E-state index is 0.0272. The predicted molar refractivity (Wildman–Crippen MR) is 101 cm³/mol. The van der Waals surface area contributed by atoms with Gasteiger partial charge in [0.2, 0.25) is 0 Å². The van der Waals surface area contributed by atoms with Crippen LogP contribution in [0.4, 0.5) is 0 Å². The summed E-state index contributed by atoms with van der Waals surface area (Å²) in [4.78, 5) is 0. The summed E-state index contributed by atoms with van der Waals surface area (Å²) in [5, 5.41) is 2.84. The lowest BCUT2D eigenvalue weighted by molar-refractivity contribution is 0.638. The Morgan fingerprint density at radius 1 is 0.696 bits per heavy atom. The van der Waals surface area contributed by atoms with Crippen molar-refractivity contribution in [3.05, 3.63) is 69.2 Å². The van der Waals surface area contributed by atoms with Crippen LogP contribution >= 0.6 is 15.9 Å². The third kappa shape index (κ3) is 1.43. The molecule has 0 nitrogen and oxygen atoms in total. The maximum absolute atomic E-state index is 3.76. The molecular formula is C22H19Br. The van der Waals surface area contributed by atoms with Gasteiger partial charge in [0.05, 0.1) is 0 Å². The Hall–Kier alpha value is -1.60. The quantitative estimate of drug-likeness (QED) is 0.425. The monoisotopic (exact) mass is 362 g/mol. The van der Waals surface area contributed by atoms with E-state index in [0.29, 0.717) is 0 Å². The van der Waals surface area contributed by atoms with Crippen molar-refractivity contribution in [2.24, 2.45) is 0 Å². The first kappa shape index (κ1) is 13.8. The Balaban J connectivity index is 2.14. The first-order valence-corrected chi connectivity index (χ1v) is 9.04. The van der Waals surface area contributed by atoms with Crippen LogP contribution < -0.4 is 0 Å². The van der Waals surface area contributed by atoms with Crippen molar-refractivity contribution in [3.63, 3.8) is 0 Å². The summed E-state index contributed by atoms with van der Waals surface area (Å²) in [6.07, 6.45) is 0. The van der Waals surface area contributed by atoms with Crippen LogP contribution in [-0.2, 0) is 10.8 Å². The molecule has 0 N–H and O–H groups in total. The van der Waals surface area contributed by atoms with Crippen molar-refractivity contribution < 1.29 is 0 Å². The second kappa shape index (κ2) is 3.89. The number of hydrogen-bond acceptors (Lipinski definition) is 0.